The first-order valence-corrected chi connectivity index (χ1v) is 6.13. The van der Waals surface area contributed by atoms with Crippen LogP contribution in [0.4, 0.5) is 0 Å². The van der Waals surface area contributed by atoms with E-state index in [1.165, 1.54) is 29.9 Å². The van der Waals surface area contributed by atoms with Crippen LogP contribution in [0.3, 0.4) is 0 Å². The van der Waals surface area contributed by atoms with Crippen LogP contribution in [-0.2, 0) is 0 Å². The normalized spacial score (nSPS) is 10.1. The summed E-state index contributed by atoms with van der Waals surface area (Å²) < 4.78 is 0. The molecule has 14 heavy (non-hydrogen) atoms. The van der Waals surface area contributed by atoms with Gasteiger partial charge in [0.05, 0.1) is 0 Å². The van der Waals surface area contributed by atoms with E-state index in [9.17, 15) is 0 Å². The number of hydrogen-bond acceptors (Lipinski definition) is 1. The van der Waals surface area contributed by atoms with Gasteiger partial charge in [-0.05, 0) is 29.9 Å². The molecule has 0 heterocycles. The first kappa shape index (κ1) is 11.4. The summed E-state index contributed by atoms with van der Waals surface area (Å²) in [6, 6.07) is 8.38. The van der Waals surface area contributed by atoms with Crippen molar-refractivity contribution in [2.75, 3.05) is 5.75 Å². The van der Waals surface area contributed by atoms with Crippen molar-refractivity contribution in [3.8, 4) is 0 Å². The Bertz CT molecular complexity index is 261. The Morgan fingerprint density at radius 2 is 1.93 bits per heavy atom. The minimum Gasteiger partial charge on any atom is -0.126 e. The van der Waals surface area contributed by atoms with Gasteiger partial charge in [-0.15, -0.1) is 11.8 Å². The lowest BCUT2D eigenvalue weighted by molar-refractivity contribution is 0.778. The van der Waals surface area contributed by atoms with Crippen LogP contribution in [0.2, 0.25) is 0 Å². The Hall–Kier alpha value is -0.690. The van der Waals surface area contributed by atoms with Crippen molar-refractivity contribution in [2.24, 2.45) is 0 Å². The maximum absolute atomic E-state index is 5.41. The molecular formula is C13H17S. The van der Waals surface area contributed by atoms with Crippen molar-refractivity contribution in [3.63, 3.8) is 0 Å². The Morgan fingerprint density at radius 3 is 2.50 bits per heavy atom. The average Bonchev–Trinajstić information content (AvgIpc) is 2.25. The van der Waals surface area contributed by atoms with Gasteiger partial charge in [0.15, 0.2) is 0 Å². The van der Waals surface area contributed by atoms with Gasteiger partial charge in [-0.2, -0.15) is 0 Å². The molecule has 0 nitrogen and oxygen atoms in total. The van der Waals surface area contributed by atoms with Gasteiger partial charge >= 0.3 is 0 Å². The molecule has 0 aliphatic rings. The zero-order chi connectivity index (χ0) is 10.2. The molecule has 1 aromatic carbocycles. The molecule has 0 N–H and O–H groups in total. The zero-order valence-electron chi connectivity index (χ0n) is 8.70. The Balaban J connectivity index is 2.32. The predicted octanol–water partition coefficient (Wildman–Crippen LogP) is 4.42. The van der Waals surface area contributed by atoms with Crippen molar-refractivity contribution in [1.29, 1.82) is 0 Å². The molecule has 1 heteroatoms. The quantitative estimate of drug-likeness (QED) is 0.489. The van der Waals surface area contributed by atoms with Crippen LogP contribution < -0.4 is 0 Å². The first-order valence-electron chi connectivity index (χ1n) is 5.14. The molecule has 0 amide bonds. The summed E-state index contributed by atoms with van der Waals surface area (Å²) in [6.45, 7) is 7.64. The molecule has 1 aromatic rings. The Morgan fingerprint density at radius 1 is 1.21 bits per heavy atom. The monoisotopic (exact) mass is 205 g/mol. The largest absolute Gasteiger partial charge is 0.126 e. The molecule has 0 aliphatic heterocycles. The minimum atomic E-state index is 1.09. The fraction of sp³-hybridized carbons (Fsp3) is 0.385. The number of thioether (sulfide) groups is 1. The Labute approximate surface area is 91.4 Å². The van der Waals surface area contributed by atoms with E-state index in [-0.39, 0.29) is 0 Å². The van der Waals surface area contributed by atoms with Gasteiger partial charge in [-0.1, -0.05) is 44.6 Å². The van der Waals surface area contributed by atoms with Gasteiger partial charge in [0.2, 0.25) is 0 Å². The van der Waals surface area contributed by atoms with Crippen molar-refractivity contribution in [2.45, 2.75) is 31.1 Å². The SMILES string of the molecule is [CH]=Cc1ccc(SCCCCC)cc1. The van der Waals surface area contributed by atoms with Crippen molar-refractivity contribution >= 4 is 17.8 Å². The lowest BCUT2D eigenvalue weighted by Gasteiger charge is -2.01. The van der Waals surface area contributed by atoms with E-state index in [1.807, 2.05) is 11.8 Å². The third-order valence-corrected chi connectivity index (χ3v) is 3.19. The lowest BCUT2D eigenvalue weighted by Crippen LogP contribution is -1.80. The van der Waals surface area contributed by atoms with E-state index in [0.29, 0.717) is 0 Å². The molecule has 0 fully saturated rings. The summed E-state index contributed by atoms with van der Waals surface area (Å²) in [6.07, 6.45) is 5.57. The van der Waals surface area contributed by atoms with Gasteiger partial charge in [-0.25, -0.2) is 0 Å². The smallest absolute Gasteiger partial charge is 0.00723 e. The summed E-state index contributed by atoms with van der Waals surface area (Å²) >= 11 is 1.92. The lowest BCUT2D eigenvalue weighted by atomic mass is 10.2. The fourth-order valence-electron chi connectivity index (χ4n) is 1.22. The Kier molecular flexibility index (Phi) is 5.46. The van der Waals surface area contributed by atoms with Gasteiger partial charge in [0, 0.05) is 4.90 Å². The average molecular weight is 205 g/mol. The van der Waals surface area contributed by atoms with E-state index >= 15 is 0 Å². The second-order valence-corrected chi connectivity index (χ2v) is 4.46. The summed E-state index contributed by atoms with van der Waals surface area (Å²) in [5.41, 5.74) is 1.09. The molecule has 0 atom stereocenters. The molecule has 0 saturated carbocycles. The standard InChI is InChI=1S/C13H17S/c1-3-5-6-11-14-13-9-7-12(4-2)8-10-13/h2,4,7-10H,3,5-6,11H2,1H3. The number of benzene rings is 1. The second-order valence-electron chi connectivity index (χ2n) is 3.29. The molecule has 1 radical (unpaired) electrons. The number of rotatable bonds is 6. The molecule has 0 saturated heterocycles. The fourth-order valence-corrected chi connectivity index (χ4v) is 2.13. The molecular weight excluding hydrogens is 188 g/mol. The maximum atomic E-state index is 5.41. The number of unbranched alkanes of at least 4 members (excludes halogenated alkanes) is 2. The minimum absolute atomic E-state index is 1.09. The van der Waals surface area contributed by atoms with E-state index in [4.69, 9.17) is 6.58 Å². The van der Waals surface area contributed by atoms with Crippen molar-refractivity contribution in [3.05, 3.63) is 36.4 Å². The van der Waals surface area contributed by atoms with Crippen LogP contribution in [0.5, 0.6) is 0 Å². The predicted molar refractivity (Wildman–Crippen MR) is 65.5 cm³/mol. The van der Waals surface area contributed by atoms with Crippen molar-refractivity contribution < 1.29 is 0 Å². The van der Waals surface area contributed by atoms with Crippen molar-refractivity contribution in [1.82, 2.24) is 0 Å². The van der Waals surface area contributed by atoms with Crippen LogP contribution in [-0.4, -0.2) is 5.75 Å². The summed E-state index contributed by atoms with van der Waals surface area (Å²) in [4.78, 5) is 1.34. The molecule has 1 rings (SSSR count). The zero-order valence-corrected chi connectivity index (χ0v) is 9.52. The summed E-state index contributed by atoms with van der Waals surface area (Å²) in [5.74, 6) is 1.22. The maximum Gasteiger partial charge on any atom is 0.00723 e. The van der Waals surface area contributed by atoms with E-state index in [0.717, 1.165) is 5.56 Å². The third-order valence-electron chi connectivity index (χ3n) is 2.09. The van der Waals surface area contributed by atoms with Crippen LogP contribution in [0.15, 0.2) is 29.2 Å². The van der Waals surface area contributed by atoms with Crippen LogP contribution in [0.25, 0.3) is 6.08 Å². The number of hydrogen-bond donors (Lipinski definition) is 0. The molecule has 0 unspecified atom stereocenters. The summed E-state index contributed by atoms with van der Waals surface area (Å²) in [5, 5.41) is 0. The van der Waals surface area contributed by atoms with E-state index < -0.39 is 0 Å². The highest BCUT2D eigenvalue weighted by Gasteiger charge is 1.93. The third kappa shape index (κ3) is 4.01. The van der Waals surface area contributed by atoms with Crippen LogP contribution >= 0.6 is 11.8 Å². The second kappa shape index (κ2) is 6.72. The molecule has 0 aliphatic carbocycles. The highest BCUT2D eigenvalue weighted by Crippen LogP contribution is 2.20. The van der Waals surface area contributed by atoms with Gasteiger partial charge in [0.25, 0.3) is 0 Å². The highest BCUT2D eigenvalue weighted by molar-refractivity contribution is 7.99. The highest BCUT2D eigenvalue weighted by atomic mass is 32.2. The van der Waals surface area contributed by atoms with E-state index in [1.54, 1.807) is 6.08 Å². The molecule has 0 spiro atoms. The van der Waals surface area contributed by atoms with Gasteiger partial charge in [0.1, 0.15) is 0 Å². The molecule has 0 aromatic heterocycles. The molecule has 75 valence electrons. The summed E-state index contributed by atoms with van der Waals surface area (Å²) in [7, 11) is 0. The van der Waals surface area contributed by atoms with Gasteiger partial charge in [-0.3, -0.25) is 0 Å². The van der Waals surface area contributed by atoms with Crippen LogP contribution in [0.1, 0.15) is 31.7 Å². The topological polar surface area (TPSA) is 0 Å². The van der Waals surface area contributed by atoms with Crippen LogP contribution in [0, 0.1) is 6.58 Å². The molecule has 0 bridgehead atoms. The van der Waals surface area contributed by atoms with Gasteiger partial charge < -0.3 is 0 Å². The first-order chi connectivity index (χ1) is 6.86. The van der Waals surface area contributed by atoms with E-state index in [2.05, 4.69) is 31.2 Å².